The van der Waals surface area contributed by atoms with Gasteiger partial charge in [-0.05, 0) is 11.6 Å². The maximum atomic E-state index is 4.08. The van der Waals surface area contributed by atoms with Gasteiger partial charge >= 0.3 is 0 Å². The van der Waals surface area contributed by atoms with Crippen molar-refractivity contribution in [1.29, 1.82) is 0 Å². The third-order valence-corrected chi connectivity index (χ3v) is 4.24. The average molecular weight is 265 g/mol. The van der Waals surface area contributed by atoms with E-state index in [0.717, 1.165) is 5.82 Å². The maximum absolute atomic E-state index is 4.08. The van der Waals surface area contributed by atoms with E-state index in [-0.39, 0.29) is 0 Å². The molecule has 0 amide bonds. The van der Waals surface area contributed by atoms with Gasteiger partial charge in [-0.15, -0.1) is 11.3 Å². The highest BCUT2D eigenvalue weighted by molar-refractivity contribution is 7.17. The van der Waals surface area contributed by atoms with Crippen molar-refractivity contribution in [3.63, 3.8) is 0 Å². The number of hydrogen-bond acceptors (Lipinski definition) is 2. The molecular weight excluding hydrogens is 254 g/mol. The molecule has 0 bridgehead atoms. The molecule has 4 aromatic rings. The molecule has 0 unspecified atom stereocenters. The highest BCUT2D eigenvalue weighted by atomic mass is 32.1. The van der Waals surface area contributed by atoms with Gasteiger partial charge in [-0.1, -0.05) is 30.3 Å². The molecule has 0 atom stereocenters. The zero-order chi connectivity index (χ0) is 12.7. The smallest absolute Gasteiger partial charge is 0.135 e. The van der Waals surface area contributed by atoms with E-state index in [1.165, 1.54) is 21.3 Å². The zero-order valence-electron chi connectivity index (χ0n) is 10.1. The molecule has 3 aromatic heterocycles. The SMILES string of the molecule is c1ccc(-c2csc3c2ccn3-c2cnc[nH]2)cc1. The van der Waals surface area contributed by atoms with E-state index in [4.69, 9.17) is 0 Å². The normalized spacial score (nSPS) is 11.2. The van der Waals surface area contributed by atoms with E-state index < -0.39 is 0 Å². The first kappa shape index (κ1) is 10.6. The second kappa shape index (κ2) is 4.10. The predicted octanol–water partition coefficient (Wildman–Crippen LogP) is 4.08. The van der Waals surface area contributed by atoms with Crippen molar-refractivity contribution >= 4 is 21.6 Å². The van der Waals surface area contributed by atoms with Gasteiger partial charge in [0.15, 0.2) is 0 Å². The van der Waals surface area contributed by atoms with Crippen LogP contribution >= 0.6 is 11.3 Å². The molecule has 0 spiro atoms. The molecule has 0 aliphatic rings. The summed E-state index contributed by atoms with van der Waals surface area (Å²) in [5.74, 6) is 0.997. The molecule has 0 saturated carbocycles. The molecule has 3 nitrogen and oxygen atoms in total. The van der Waals surface area contributed by atoms with Gasteiger partial charge in [0.1, 0.15) is 10.6 Å². The second-order valence-corrected chi connectivity index (χ2v) is 5.21. The summed E-state index contributed by atoms with van der Waals surface area (Å²) in [6.45, 7) is 0. The number of rotatable bonds is 2. The molecule has 92 valence electrons. The molecule has 0 aliphatic carbocycles. The Kier molecular flexibility index (Phi) is 2.28. The van der Waals surface area contributed by atoms with Crippen molar-refractivity contribution in [2.75, 3.05) is 0 Å². The first-order valence-corrected chi connectivity index (χ1v) is 6.94. The Bertz CT molecular complexity index is 810. The van der Waals surface area contributed by atoms with Gasteiger partial charge < -0.3 is 4.98 Å². The number of aromatic amines is 1. The van der Waals surface area contributed by atoms with E-state index in [1.54, 1.807) is 17.7 Å². The lowest BCUT2D eigenvalue weighted by Gasteiger charge is -1.97. The monoisotopic (exact) mass is 265 g/mol. The largest absolute Gasteiger partial charge is 0.331 e. The summed E-state index contributed by atoms with van der Waals surface area (Å²) in [6.07, 6.45) is 5.62. The molecule has 19 heavy (non-hydrogen) atoms. The third-order valence-electron chi connectivity index (χ3n) is 3.25. The Morgan fingerprint density at radius 3 is 2.79 bits per heavy atom. The fourth-order valence-corrected chi connectivity index (χ4v) is 3.40. The zero-order valence-corrected chi connectivity index (χ0v) is 10.9. The number of hydrogen-bond donors (Lipinski definition) is 1. The summed E-state index contributed by atoms with van der Waals surface area (Å²) < 4.78 is 2.14. The topological polar surface area (TPSA) is 33.6 Å². The van der Waals surface area contributed by atoms with E-state index >= 15 is 0 Å². The minimum Gasteiger partial charge on any atom is -0.331 e. The summed E-state index contributed by atoms with van der Waals surface area (Å²) in [5, 5.41) is 3.50. The third kappa shape index (κ3) is 1.61. The van der Waals surface area contributed by atoms with Crippen LogP contribution < -0.4 is 0 Å². The lowest BCUT2D eigenvalue weighted by Crippen LogP contribution is -1.88. The van der Waals surface area contributed by atoms with Crippen molar-refractivity contribution < 1.29 is 0 Å². The van der Waals surface area contributed by atoms with Gasteiger partial charge in [0, 0.05) is 22.5 Å². The molecule has 0 aliphatic heterocycles. The highest BCUT2D eigenvalue weighted by Crippen LogP contribution is 2.35. The fraction of sp³-hybridized carbons (Fsp3) is 0. The molecule has 1 N–H and O–H groups in total. The molecule has 0 fully saturated rings. The number of nitrogens with zero attached hydrogens (tertiary/aromatic N) is 2. The average Bonchev–Trinajstić information content (AvgIpc) is 3.16. The van der Waals surface area contributed by atoms with Crippen molar-refractivity contribution in [2.24, 2.45) is 0 Å². The number of benzene rings is 1. The molecule has 4 heteroatoms. The van der Waals surface area contributed by atoms with E-state index in [9.17, 15) is 0 Å². The quantitative estimate of drug-likeness (QED) is 0.582. The summed E-state index contributed by atoms with van der Waals surface area (Å²) >= 11 is 1.76. The van der Waals surface area contributed by atoms with Crippen LogP contribution in [0.4, 0.5) is 0 Å². The number of fused-ring (bicyclic) bond motifs is 1. The number of thiophene rings is 1. The van der Waals surface area contributed by atoms with Crippen LogP contribution in [0.5, 0.6) is 0 Å². The molecule has 0 radical (unpaired) electrons. The second-order valence-electron chi connectivity index (χ2n) is 4.36. The Balaban J connectivity index is 1.93. The first-order chi connectivity index (χ1) is 9.43. The minimum absolute atomic E-state index is 0.997. The van der Waals surface area contributed by atoms with Gasteiger partial charge in [-0.25, -0.2) is 4.98 Å². The Morgan fingerprint density at radius 2 is 2.00 bits per heavy atom. The van der Waals surface area contributed by atoms with E-state index in [1.807, 2.05) is 12.3 Å². The fourth-order valence-electron chi connectivity index (χ4n) is 2.33. The molecule has 4 rings (SSSR count). The van der Waals surface area contributed by atoms with Crippen LogP contribution in [0.15, 0.2) is 60.5 Å². The molecule has 1 aromatic carbocycles. The van der Waals surface area contributed by atoms with E-state index in [0.29, 0.717) is 0 Å². The van der Waals surface area contributed by atoms with Crippen molar-refractivity contribution in [3.8, 4) is 16.9 Å². The van der Waals surface area contributed by atoms with Crippen LogP contribution in [-0.4, -0.2) is 14.5 Å². The predicted molar refractivity (Wildman–Crippen MR) is 78.7 cm³/mol. The van der Waals surface area contributed by atoms with Gasteiger partial charge in [-0.3, -0.25) is 4.57 Å². The summed E-state index contributed by atoms with van der Waals surface area (Å²) in [6, 6.07) is 12.7. The summed E-state index contributed by atoms with van der Waals surface area (Å²) in [7, 11) is 0. The summed E-state index contributed by atoms with van der Waals surface area (Å²) in [4.78, 5) is 8.46. The van der Waals surface area contributed by atoms with Crippen LogP contribution in [-0.2, 0) is 0 Å². The molecule has 0 saturated heterocycles. The van der Waals surface area contributed by atoms with Crippen molar-refractivity contribution in [2.45, 2.75) is 0 Å². The van der Waals surface area contributed by atoms with Crippen LogP contribution in [0.3, 0.4) is 0 Å². The lowest BCUT2D eigenvalue weighted by atomic mass is 10.1. The number of aromatic nitrogens is 3. The van der Waals surface area contributed by atoms with Gasteiger partial charge in [0.25, 0.3) is 0 Å². The standard InChI is InChI=1S/C15H11N3S/c1-2-4-11(5-3-1)13-9-19-15-12(13)6-7-18(15)14-8-16-10-17-14/h1-10H,(H,16,17). The Hall–Kier alpha value is -2.33. The Labute approximate surface area is 114 Å². The van der Waals surface area contributed by atoms with Gasteiger partial charge in [0.05, 0.1) is 12.5 Å². The maximum Gasteiger partial charge on any atom is 0.135 e. The molecular formula is C15H11N3S. The van der Waals surface area contributed by atoms with Gasteiger partial charge in [0.2, 0.25) is 0 Å². The van der Waals surface area contributed by atoms with Gasteiger partial charge in [-0.2, -0.15) is 0 Å². The highest BCUT2D eigenvalue weighted by Gasteiger charge is 2.11. The summed E-state index contributed by atoms with van der Waals surface area (Å²) in [5.41, 5.74) is 2.55. The van der Waals surface area contributed by atoms with Crippen LogP contribution in [0.2, 0.25) is 0 Å². The van der Waals surface area contributed by atoms with Crippen molar-refractivity contribution in [3.05, 3.63) is 60.5 Å². The number of imidazole rings is 1. The minimum atomic E-state index is 0.997. The van der Waals surface area contributed by atoms with Crippen LogP contribution in [0, 0.1) is 0 Å². The first-order valence-electron chi connectivity index (χ1n) is 6.06. The van der Waals surface area contributed by atoms with E-state index in [2.05, 4.69) is 56.4 Å². The number of nitrogens with one attached hydrogen (secondary N) is 1. The van der Waals surface area contributed by atoms with Crippen LogP contribution in [0.25, 0.3) is 27.2 Å². The Morgan fingerprint density at radius 1 is 1.11 bits per heavy atom. The van der Waals surface area contributed by atoms with Crippen molar-refractivity contribution in [1.82, 2.24) is 14.5 Å². The lowest BCUT2D eigenvalue weighted by molar-refractivity contribution is 1.08. The molecule has 3 heterocycles. The van der Waals surface area contributed by atoms with Crippen LogP contribution in [0.1, 0.15) is 0 Å². The number of H-pyrrole nitrogens is 1.